The van der Waals surface area contributed by atoms with Gasteiger partial charge in [-0.05, 0) is 41.8 Å². The molecule has 0 bridgehead atoms. The van der Waals surface area contributed by atoms with E-state index in [-0.39, 0.29) is 18.1 Å². The molecule has 0 fully saturated rings. The predicted molar refractivity (Wildman–Crippen MR) is 119 cm³/mol. The van der Waals surface area contributed by atoms with Gasteiger partial charge in [-0.15, -0.1) is 24.5 Å². The van der Waals surface area contributed by atoms with E-state index in [1.807, 2.05) is 0 Å². The normalized spacial score (nSPS) is 10.7. The van der Waals surface area contributed by atoms with Gasteiger partial charge in [-0.3, -0.25) is 4.79 Å². The molecule has 3 rings (SSSR count). The van der Waals surface area contributed by atoms with Crippen molar-refractivity contribution in [2.24, 2.45) is 0 Å². The van der Waals surface area contributed by atoms with Gasteiger partial charge in [0, 0.05) is 22.9 Å². The Balaban J connectivity index is 1.63. The second-order valence-electron chi connectivity index (χ2n) is 6.31. The Bertz CT molecular complexity index is 1190. The molecule has 0 amide bonds. The second-order valence-corrected chi connectivity index (χ2v) is 7.99. The summed E-state index contributed by atoms with van der Waals surface area (Å²) in [6, 6.07) is 10.7. The lowest BCUT2D eigenvalue weighted by molar-refractivity contribution is -0.274. The van der Waals surface area contributed by atoms with E-state index in [1.165, 1.54) is 55.7 Å². The third-order valence-corrected chi connectivity index (χ3v) is 5.62. The Kier molecular flexibility index (Phi) is 8.08. The number of benzene rings is 2. The van der Waals surface area contributed by atoms with Crippen LogP contribution in [-0.4, -0.2) is 31.5 Å². The van der Waals surface area contributed by atoms with E-state index in [2.05, 4.69) is 31.0 Å². The summed E-state index contributed by atoms with van der Waals surface area (Å²) < 4.78 is 54.1. The molecule has 0 atom stereocenters. The Morgan fingerprint density at radius 1 is 1.18 bits per heavy atom. The van der Waals surface area contributed by atoms with Crippen molar-refractivity contribution in [2.75, 3.05) is 18.9 Å². The van der Waals surface area contributed by atoms with Gasteiger partial charge in [-0.2, -0.15) is 0 Å². The number of carbonyl (C=O) groups is 1. The average molecular weight is 495 g/mol. The largest absolute Gasteiger partial charge is 0.573 e. The number of esters is 1. The number of ether oxygens (including phenoxy) is 3. The summed E-state index contributed by atoms with van der Waals surface area (Å²) in [5, 5.41) is 2.95. The van der Waals surface area contributed by atoms with E-state index in [9.17, 15) is 18.0 Å². The molecule has 0 unspecified atom stereocenters. The van der Waals surface area contributed by atoms with Crippen LogP contribution in [0, 0.1) is 11.8 Å². The van der Waals surface area contributed by atoms with Crippen molar-refractivity contribution in [3.63, 3.8) is 0 Å². The molecule has 33 heavy (non-hydrogen) atoms. The van der Waals surface area contributed by atoms with Gasteiger partial charge >= 0.3 is 12.3 Å². The zero-order chi connectivity index (χ0) is 23.8. The molecule has 0 aliphatic rings. The number of hydrogen-bond acceptors (Lipinski definition) is 8. The number of halogens is 3. The van der Waals surface area contributed by atoms with Gasteiger partial charge in [-0.1, -0.05) is 18.1 Å². The highest BCUT2D eigenvalue weighted by Crippen LogP contribution is 2.31. The average Bonchev–Trinajstić information content (AvgIpc) is 3.23. The zero-order valence-electron chi connectivity index (χ0n) is 17.4. The minimum absolute atomic E-state index is 0.139. The molecule has 0 aliphatic carbocycles. The Hall–Kier alpha value is -3.36. The number of methoxy groups -OCH3 is 2. The van der Waals surface area contributed by atoms with Gasteiger partial charge in [0.15, 0.2) is 5.01 Å². The van der Waals surface area contributed by atoms with Crippen LogP contribution in [0.5, 0.6) is 11.5 Å². The Labute approximate surface area is 196 Å². The molecule has 1 N–H and O–H groups in total. The van der Waals surface area contributed by atoms with Gasteiger partial charge in [0.05, 0.1) is 26.3 Å². The van der Waals surface area contributed by atoms with Crippen molar-refractivity contribution in [1.29, 1.82) is 0 Å². The standard InChI is InChI=1S/C22H17F3N2O4S2/c1-29-18-11-15(12-21(28)30-2)6-8-17(18)27-33-20-13-32-19(26-20)9-7-14-4-3-5-16(10-14)31-22(23,24)25/h3-6,8,10-11,13,27H,12H2,1-2H3. The quantitative estimate of drug-likeness (QED) is 0.272. The van der Waals surface area contributed by atoms with Crippen molar-refractivity contribution in [2.45, 2.75) is 17.8 Å². The van der Waals surface area contributed by atoms with E-state index in [0.717, 1.165) is 5.56 Å². The summed E-state index contributed by atoms with van der Waals surface area (Å²) in [6.07, 6.45) is -4.62. The van der Waals surface area contributed by atoms with Crippen LogP contribution in [0.3, 0.4) is 0 Å². The number of alkyl halides is 3. The van der Waals surface area contributed by atoms with Crippen LogP contribution < -0.4 is 14.2 Å². The summed E-state index contributed by atoms with van der Waals surface area (Å²) >= 11 is 2.54. The minimum Gasteiger partial charge on any atom is -0.495 e. The molecule has 11 heteroatoms. The summed E-state index contributed by atoms with van der Waals surface area (Å²) in [4.78, 5) is 15.8. The van der Waals surface area contributed by atoms with Gasteiger partial charge < -0.3 is 18.9 Å². The van der Waals surface area contributed by atoms with Gasteiger partial charge in [0.2, 0.25) is 0 Å². The molecular weight excluding hydrogens is 477 g/mol. The van der Waals surface area contributed by atoms with E-state index in [0.29, 0.717) is 27.0 Å². The first-order chi connectivity index (χ1) is 15.8. The number of thiazole rings is 1. The van der Waals surface area contributed by atoms with Crippen LogP contribution in [-0.2, 0) is 16.0 Å². The highest BCUT2D eigenvalue weighted by molar-refractivity contribution is 8.00. The van der Waals surface area contributed by atoms with E-state index >= 15 is 0 Å². The molecular formula is C22H17F3N2O4S2. The monoisotopic (exact) mass is 494 g/mol. The molecule has 6 nitrogen and oxygen atoms in total. The molecule has 0 aliphatic heterocycles. The fourth-order valence-corrected chi connectivity index (χ4v) is 3.98. The topological polar surface area (TPSA) is 69.7 Å². The van der Waals surface area contributed by atoms with Crippen LogP contribution in [0.4, 0.5) is 18.9 Å². The number of nitrogens with zero attached hydrogens (tertiary/aromatic N) is 1. The lowest BCUT2D eigenvalue weighted by atomic mass is 10.1. The molecule has 3 aromatic rings. The summed E-state index contributed by atoms with van der Waals surface area (Å²) in [5.41, 5.74) is 1.82. The number of hydrogen-bond donors (Lipinski definition) is 1. The Morgan fingerprint density at radius 2 is 2.00 bits per heavy atom. The molecule has 0 spiro atoms. The SMILES string of the molecule is COC(=O)Cc1ccc(NSc2csc(C#Cc3cccc(OC(F)(F)F)c3)n2)c(OC)c1. The molecule has 0 saturated heterocycles. The van der Waals surface area contributed by atoms with Crippen LogP contribution in [0.1, 0.15) is 16.1 Å². The highest BCUT2D eigenvalue weighted by Gasteiger charge is 2.31. The van der Waals surface area contributed by atoms with Gasteiger partial charge in [0.1, 0.15) is 16.5 Å². The molecule has 1 aromatic heterocycles. The molecule has 172 valence electrons. The third kappa shape index (κ3) is 7.62. The first-order valence-electron chi connectivity index (χ1n) is 9.25. The van der Waals surface area contributed by atoms with E-state index in [4.69, 9.17) is 4.74 Å². The number of rotatable bonds is 7. The second kappa shape index (κ2) is 11.0. The van der Waals surface area contributed by atoms with Crippen LogP contribution in [0.15, 0.2) is 52.9 Å². The van der Waals surface area contributed by atoms with Crippen molar-refractivity contribution >= 4 is 34.9 Å². The van der Waals surface area contributed by atoms with Crippen molar-refractivity contribution < 1.29 is 32.2 Å². The number of nitrogens with one attached hydrogen (secondary N) is 1. The van der Waals surface area contributed by atoms with Gasteiger partial charge in [-0.25, -0.2) is 4.98 Å². The third-order valence-electron chi connectivity index (χ3n) is 3.97. The van der Waals surface area contributed by atoms with Crippen LogP contribution in [0.2, 0.25) is 0 Å². The lowest BCUT2D eigenvalue weighted by Crippen LogP contribution is -2.17. The van der Waals surface area contributed by atoms with Crippen molar-refractivity contribution in [3.8, 4) is 23.3 Å². The summed E-state index contributed by atoms with van der Waals surface area (Å²) in [5.74, 6) is 5.49. The number of anilines is 1. The maximum atomic E-state index is 12.4. The fraction of sp³-hybridized carbons (Fsp3) is 0.182. The maximum absolute atomic E-state index is 12.4. The summed E-state index contributed by atoms with van der Waals surface area (Å²) in [7, 11) is 2.86. The molecule has 1 heterocycles. The number of aromatic nitrogens is 1. The first-order valence-corrected chi connectivity index (χ1v) is 11.0. The fourth-order valence-electron chi connectivity index (χ4n) is 2.54. The molecule has 0 radical (unpaired) electrons. The predicted octanol–water partition coefficient (Wildman–Crippen LogP) is 5.28. The number of carbonyl (C=O) groups excluding carboxylic acids is 1. The van der Waals surface area contributed by atoms with E-state index < -0.39 is 6.36 Å². The van der Waals surface area contributed by atoms with Crippen LogP contribution >= 0.6 is 23.3 Å². The lowest BCUT2D eigenvalue weighted by Gasteiger charge is -2.11. The summed E-state index contributed by atoms with van der Waals surface area (Å²) in [6.45, 7) is 0. The molecule has 2 aromatic carbocycles. The minimum atomic E-state index is -4.76. The van der Waals surface area contributed by atoms with Crippen molar-refractivity contribution in [1.82, 2.24) is 4.98 Å². The maximum Gasteiger partial charge on any atom is 0.573 e. The Morgan fingerprint density at radius 3 is 2.73 bits per heavy atom. The highest BCUT2D eigenvalue weighted by atomic mass is 32.2. The van der Waals surface area contributed by atoms with Crippen LogP contribution in [0.25, 0.3) is 0 Å². The smallest absolute Gasteiger partial charge is 0.495 e. The van der Waals surface area contributed by atoms with Gasteiger partial charge in [0.25, 0.3) is 0 Å². The molecule has 0 saturated carbocycles. The van der Waals surface area contributed by atoms with E-state index in [1.54, 1.807) is 29.6 Å². The first kappa shape index (κ1) is 24.3. The van der Waals surface area contributed by atoms with Crippen molar-refractivity contribution in [3.05, 3.63) is 64.0 Å². The zero-order valence-corrected chi connectivity index (χ0v) is 19.0.